The Bertz CT molecular complexity index is 684. The van der Waals surface area contributed by atoms with E-state index in [2.05, 4.69) is 28.9 Å². The van der Waals surface area contributed by atoms with Crippen LogP contribution in [-0.4, -0.2) is 68.0 Å². The normalized spacial score (nSPS) is 23.1. The van der Waals surface area contributed by atoms with Crippen molar-refractivity contribution in [3.8, 4) is 5.75 Å². The summed E-state index contributed by atoms with van der Waals surface area (Å²) in [6.45, 7) is 11.1. The van der Waals surface area contributed by atoms with Gasteiger partial charge in [0.05, 0.1) is 12.8 Å². The van der Waals surface area contributed by atoms with Gasteiger partial charge in [-0.2, -0.15) is 0 Å². The van der Waals surface area contributed by atoms with E-state index in [4.69, 9.17) is 4.74 Å². The number of rotatable bonds is 6. The highest BCUT2D eigenvalue weighted by atomic mass is 35.5. The number of hydrogen-bond acceptors (Lipinski definition) is 5. The van der Waals surface area contributed by atoms with Crippen LogP contribution in [0.2, 0.25) is 0 Å². The highest BCUT2D eigenvalue weighted by Crippen LogP contribution is 2.30. The van der Waals surface area contributed by atoms with E-state index in [1.807, 2.05) is 19.9 Å². The number of carbonyl (C=O) groups excluding carboxylic acids is 2. The van der Waals surface area contributed by atoms with E-state index in [1.54, 1.807) is 7.11 Å². The number of halogens is 1. The minimum Gasteiger partial charge on any atom is -0.495 e. The third kappa shape index (κ3) is 4.61. The fourth-order valence-corrected chi connectivity index (χ4v) is 3.96. The Balaban J connectivity index is 0.00000280. The summed E-state index contributed by atoms with van der Waals surface area (Å²) in [4.78, 5) is 30.6. The molecule has 0 aliphatic carbocycles. The molecule has 6 nitrogen and oxygen atoms in total. The molecule has 2 unspecified atom stereocenters. The topological polar surface area (TPSA) is 53.1 Å². The van der Waals surface area contributed by atoms with Crippen molar-refractivity contribution in [3.63, 3.8) is 0 Å². The van der Waals surface area contributed by atoms with Crippen LogP contribution in [-0.2, 0) is 9.59 Å². The number of imide groups is 1. The molecule has 0 bridgehead atoms. The predicted molar refractivity (Wildman–Crippen MR) is 113 cm³/mol. The van der Waals surface area contributed by atoms with Crippen molar-refractivity contribution in [1.82, 2.24) is 9.80 Å². The first-order valence-electron chi connectivity index (χ1n) is 9.89. The third-order valence-electron chi connectivity index (χ3n) is 5.96. The minimum absolute atomic E-state index is 0. The number of piperazine rings is 1. The maximum absolute atomic E-state index is 12.2. The smallest absolute Gasteiger partial charge is 0.232 e. The minimum atomic E-state index is -0.176. The lowest BCUT2D eigenvalue weighted by Crippen LogP contribution is -2.47. The summed E-state index contributed by atoms with van der Waals surface area (Å²) in [5, 5.41) is 0. The molecule has 2 amide bonds. The molecular weight excluding hydrogens is 378 g/mol. The number of nitrogens with zero attached hydrogens (tertiary/aromatic N) is 3. The molecule has 1 aromatic carbocycles. The molecular formula is C21H32ClN3O3. The van der Waals surface area contributed by atoms with Crippen LogP contribution in [0.15, 0.2) is 18.2 Å². The van der Waals surface area contributed by atoms with Crippen molar-refractivity contribution in [1.29, 1.82) is 0 Å². The van der Waals surface area contributed by atoms with E-state index in [-0.39, 0.29) is 36.1 Å². The summed E-state index contributed by atoms with van der Waals surface area (Å²) < 4.78 is 5.52. The van der Waals surface area contributed by atoms with Crippen LogP contribution in [0.25, 0.3) is 0 Å². The summed E-state index contributed by atoms with van der Waals surface area (Å²) in [5.41, 5.74) is 2.39. The van der Waals surface area contributed by atoms with Gasteiger partial charge in [-0.25, -0.2) is 0 Å². The molecule has 2 fully saturated rings. The van der Waals surface area contributed by atoms with Gasteiger partial charge in [0.25, 0.3) is 0 Å². The predicted octanol–water partition coefficient (Wildman–Crippen LogP) is 2.58. The molecule has 0 spiro atoms. The molecule has 1 aromatic rings. The fraction of sp³-hybridized carbons (Fsp3) is 0.619. The molecule has 0 N–H and O–H groups in total. The first-order valence-corrected chi connectivity index (χ1v) is 9.89. The molecule has 0 saturated carbocycles. The van der Waals surface area contributed by atoms with Crippen molar-refractivity contribution in [2.75, 3.05) is 51.3 Å². The van der Waals surface area contributed by atoms with Crippen LogP contribution in [0.3, 0.4) is 0 Å². The number of aryl methyl sites for hydroxylation is 1. The molecule has 0 aromatic heterocycles. The molecule has 156 valence electrons. The van der Waals surface area contributed by atoms with Gasteiger partial charge < -0.3 is 9.64 Å². The Hall–Kier alpha value is -1.79. The van der Waals surface area contributed by atoms with E-state index in [0.29, 0.717) is 6.54 Å². The maximum atomic E-state index is 12.2. The van der Waals surface area contributed by atoms with Crippen molar-refractivity contribution < 1.29 is 14.3 Å². The lowest BCUT2D eigenvalue weighted by molar-refractivity contribution is -0.139. The Morgan fingerprint density at radius 3 is 2.18 bits per heavy atom. The van der Waals surface area contributed by atoms with Crippen LogP contribution in [0, 0.1) is 18.8 Å². The number of methoxy groups -OCH3 is 1. The number of anilines is 1. The SMILES string of the molecule is COc1ccc(C)cc1N1CCN(CCCN2C(=O)C(C)C(C)C2=O)CC1.Cl. The van der Waals surface area contributed by atoms with E-state index in [0.717, 1.165) is 50.6 Å². The molecule has 3 rings (SSSR count). The molecule has 7 heteroatoms. The van der Waals surface area contributed by atoms with E-state index in [1.165, 1.54) is 10.5 Å². The lowest BCUT2D eigenvalue weighted by atomic mass is 10.00. The number of ether oxygens (including phenoxy) is 1. The highest BCUT2D eigenvalue weighted by Gasteiger charge is 2.41. The number of carbonyl (C=O) groups is 2. The first-order chi connectivity index (χ1) is 12.9. The molecule has 2 heterocycles. The van der Waals surface area contributed by atoms with Crippen LogP contribution in [0.4, 0.5) is 5.69 Å². The van der Waals surface area contributed by atoms with Gasteiger partial charge in [0, 0.05) is 44.6 Å². The Labute approximate surface area is 174 Å². The summed E-state index contributed by atoms with van der Waals surface area (Å²) in [7, 11) is 1.72. The van der Waals surface area contributed by atoms with Gasteiger partial charge in [-0.3, -0.25) is 19.4 Å². The van der Waals surface area contributed by atoms with Crippen LogP contribution in [0.1, 0.15) is 25.8 Å². The monoisotopic (exact) mass is 409 g/mol. The third-order valence-corrected chi connectivity index (χ3v) is 5.96. The van der Waals surface area contributed by atoms with Crippen molar-refractivity contribution in [2.45, 2.75) is 27.2 Å². The number of benzene rings is 1. The fourth-order valence-electron chi connectivity index (χ4n) is 3.96. The van der Waals surface area contributed by atoms with Crippen molar-refractivity contribution in [2.24, 2.45) is 11.8 Å². The summed E-state index contributed by atoms with van der Waals surface area (Å²) in [6.07, 6.45) is 0.838. The summed E-state index contributed by atoms with van der Waals surface area (Å²) in [6, 6.07) is 6.28. The molecule has 2 saturated heterocycles. The Kier molecular flexibility index (Phi) is 7.72. The average molecular weight is 410 g/mol. The summed E-state index contributed by atoms with van der Waals surface area (Å²) in [5.74, 6) is 0.548. The zero-order valence-corrected chi connectivity index (χ0v) is 18.1. The van der Waals surface area contributed by atoms with Gasteiger partial charge in [0.1, 0.15) is 5.75 Å². The Morgan fingerprint density at radius 2 is 1.61 bits per heavy atom. The number of hydrogen-bond donors (Lipinski definition) is 0. The largest absolute Gasteiger partial charge is 0.495 e. The first kappa shape index (κ1) is 22.5. The van der Waals surface area contributed by atoms with Gasteiger partial charge in [-0.15, -0.1) is 12.4 Å². The van der Waals surface area contributed by atoms with Crippen molar-refractivity contribution >= 4 is 29.9 Å². The average Bonchev–Trinajstić information content (AvgIpc) is 2.86. The van der Waals surface area contributed by atoms with Crippen LogP contribution < -0.4 is 9.64 Å². The van der Waals surface area contributed by atoms with Gasteiger partial charge in [0.2, 0.25) is 11.8 Å². The lowest BCUT2D eigenvalue weighted by Gasteiger charge is -2.37. The van der Waals surface area contributed by atoms with Gasteiger partial charge in [-0.05, 0) is 37.6 Å². The number of amides is 2. The molecule has 28 heavy (non-hydrogen) atoms. The van der Waals surface area contributed by atoms with E-state index >= 15 is 0 Å². The van der Waals surface area contributed by atoms with Gasteiger partial charge >= 0.3 is 0 Å². The van der Waals surface area contributed by atoms with Crippen molar-refractivity contribution in [3.05, 3.63) is 23.8 Å². The van der Waals surface area contributed by atoms with Crippen LogP contribution in [0.5, 0.6) is 5.75 Å². The van der Waals surface area contributed by atoms with E-state index in [9.17, 15) is 9.59 Å². The van der Waals surface area contributed by atoms with E-state index < -0.39 is 0 Å². The number of likely N-dealkylation sites (tertiary alicyclic amines) is 1. The maximum Gasteiger partial charge on any atom is 0.232 e. The van der Waals surface area contributed by atoms with Crippen LogP contribution >= 0.6 is 12.4 Å². The van der Waals surface area contributed by atoms with Gasteiger partial charge in [-0.1, -0.05) is 19.9 Å². The molecule has 0 radical (unpaired) electrons. The molecule has 2 atom stereocenters. The zero-order chi connectivity index (χ0) is 19.6. The van der Waals surface area contributed by atoms with Gasteiger partial charge in [0.15, 0.2) is 0 Å². The Morgan fingerprint density at radius 1 is 1.00 bits per heavy atom. The second-order valence-corrected chi connectivity index (χ2v) is 7.76. The molecule has 2 aliphatic heterocycles. The quantitative estimate of drug-likeness (QED) is 0.676. The molecule has 2 aliphatic rings. The zero-order valence-electron chi connectivity index (χ0n) is 17.3. The standard InChI is InChI=1S/C21H31N3O3.ClH/c1-15-6-7-19(27-4)18(14-15)23-12-10-22(11-13-23)8-5-9-24-20(25)16(2)17(3)21(24)26;/h6-7,14,16-17H,5,8-13H2,1-4H3;1H. The summed E-state index contributed by atoms with van der Waals surface area (Å²) >= 11 is 0. The highest BCUT2D eigenvalue weighted by molar-refractivity contribution is 6.04. The second kappa shape index (κ2) is 9.61. The second-order valence-electron chi connectivity index (χ2n) is 7.76.